The summed E-state index contributed by atoms with van der Waals surface area (Å²) in [4.78, 5) is 9.36. The summed E-state index contributed by atoms with van der Waals surface area (Å²) in [6.45, 7) is 15.2. The number of unbranched alkanes of at least 4 members (excludes halogenated alkanes) is 2. The molecule has 39 heavy (non-hydrogen) atoms. The van der Waals surface area contributed by atoms with Crippen molar-refractivity contribution in [2.45, 2.75) is 53.4 Å². The predicted octanol–water partition coefficient (Wildman–Crippen LogP) is -0.0451. The van der Waals surface area contributed by atoms with E-state index in [1.807, 2.05) is 18.7 Å². The third kappa shape index (κ3) is 32.9. The van der Waals surface area contributed by atoms with E-state index in [2.05, 4.69) is 65.2 Å². The average Bonchev–Trinajstić information content (AvgIpc) is 3.49. The van der Waals surface area contributed by atoms with Gasteiger partial charge in [0, 0.05) is 79.0 Å². The molecule has 2 rings (SSSR count). The molecule has 1 atom stereocenters. The van der Waals surface area contributed by atoms with Crippen LogP contribution in [-0.4, -0.2) is 101 Å². The molecule has 2 aliphatic heterocycles. The van der Waals surface area contributed by atoms with E-state index in [1.165, 1.54) is 50.3 Å². The molecule has 1 unspecified atom stereocenters. The van der Waals surface area contributed by atoms with Crippen LogP contribution < -0.4 is 9.41 Å². The van der Waals surface area contributed by atoms with Crippen LogP contribution in [-0.2, 0) is 10.8 Å². The maximum Gasteiger partial charge on any atom is 0.762 e. The van der Waals surface area contributed by atoms with Crippen molar-refractivity contribution >= 4 is 37.6 Å². The zero-order valence-corrected chi connectivity index (χ0v) is 25.0. The van der Waals surface area contributed by atoms with Crippen molar-refractivity contribution < 1.29 is 39.5 Å². The summed E-state index contributed by atoms with van der Waals surface area (Å²) in [7, 11) is -7.97. The third-order valence-electron chi connectivity index (χ3n) is 4.96. The van der Waals surface area contributed by atoms with E-state index >= 15 is 0 Å². The van der Waals surface area contributed by atoms with E-state index in [4.69, 9.17) is 0 Å². The Hall–Kier alpha value is -1.25. The molecule has 2 heterocycles. The van der Waals surface area contributed by atoms with Crippen molar-refractivity contribution in [1.82, 2.24) is 19.6 Å². The fourth-order valence-corrected chi connectivity index (χ4v) is 4.40. The first kappa shape index (κ1) is 44.8. The minimum Gasteiger partial charge on any atom is -1.00 e. The van der Waals surface area contributed by atoms with Crippen molar-refractivity contribution in [2.24, 2.45) is 0 Å². The van der Waals surface area contributed by atoms with Gasteiger partial charge in [-0.1, -0.05) is 40.5 Å². The van der Waals surface area contributed by atoms with Gasteiger partial charge < -0.3 is 29.0 Å². The quantitative estimate of drug-likeness (QED) is 0.154. The smallest absolute Gasteiger partial charge is 0.762 e. The van der Waals surface area contributed by atoms with Gasteiger partial charge in [0.1, 0.15) is 0 Å². The second kappa shape index (κ2) is 31.3. The van der Waals surface area contributed by atoms with Crippen molar-refractivity contribution in [2.75, 3.05) is 62.5 Å². The monoisotopic (exact) mass is 618 g/mol. The van der Waals surface area contributed by atoms with Gasteiger partial charge in [-0.25, -0.2) is 0 Å². The molecule has 0 aromatic heterocycles. The van der Waals surface area contributed by atoms with Gasteiger partial charge in [-0.2, -0.15) is 11.8 Å². The number of halogens is 8. The zero-order chi connectivity index (χ0) is 28.5. The molecule has 2 aliphatic rings. The van der Waals surface area contributed by atoms with Crippen LogP contribution in [0, 0.1) is 0 Å². The minimum absolute atomic E-state index is 0. The summed E-state index contributed by atoms with van der Waals surface area (Å²) >= 11 is 2.02. The van der Waals surface area contributed by atoms with E-state index in [0.717, 1.165) is 37.9 Å². The highest BCUT2D eigenvalue weighted by Gasteiger charge is 2.12. The van der Waals surface area contributed by atoms with E-state index in [0.29, 0.717) is 0 Å². The number of nitrogens with zero attached hydrogens (tertiary/aromatic N) is 4. The molecular formula is C22H44B2F8N4OS2-2. The lowest BCUT2D eigenvalue weighted by atomic mass is 10.3. The summed E-state index contributed by atoms with van der Waals surface area (Å²) < 4.78 is 69.3. The molecule has 0 N–H and O–H groups in total. The molecule has 5 nitrogen and oxygen atoms in total. The molecule has 0 saturated heterocycles. The maximum atomic E-state index is 11.3. The SMILES string of the molecule is CCCCN1C=CN(CCS(=O)CC)C1.CCCCN1C=CN(CCSCC)C1.FB(F)F.FB(F)F.[F-].[F-]. The average molecular weight is 618 g/mol. The van der Waals surface area contributed by atoms with Gasteiger partial charge in [0.05, 0.1) is 13.3 Å². The number of hydrogen-bond acceptors (Lipinski definition) is 6. The van der Waals surface area contributed by atoms with E-state index in [9.17, 15) is 30.1 Å². The first-order chi connectivity index (χ1) is 17.6. The molecule has 0 fully saturated rings. The van der Waals surface area contributed by atoms with Crippen molar-refractivity contribution in [3.63, 3.8) is 0 Å². The first-order valence-electron chi connectivity index (χ1n) is 12.7. The molecule has 0 saturated carbocycles. The van der Waals surface area contributed by atoms with Crippen LogP contribution in [0.2, 0.25) is 0 Å². The van der Waals surface area contributed by atoms with E-state index < -0.39 is 25.9 Å². The summed E-state index contributed by atoms with van der Waals surface area (Å²) in [5, 5.41) is 0. The Labute approximate surface area is 237 Å². The molecule has 0 aromatic carbocycles. The fraction of sp³-hybridized carbons (Fsp3) is 0.818. The Morgan fingerprint density at radius 3 is 1.38 bits per heavy atom. The van der Waals surface area contributed by atoms with Gasteiger partial charge in [0.2, 0.25) is 0 Å². The summed E-state index contributed by atoms with van der Waals surface area (Å²) in [5.74, 6) is 4.05. The lowest BCUT2D eigenvalue weighted by Crippen LogP contribution is -3.00. The van der Waals surface area contributed by atoms with Gasteiger partial charge in [-0.05, 0) is 18.6 Å². The van der Waals surface area contributed by atoms with Gasteiger partial charge in [-0.3, -0.25) is 30.1 Å². The van der Waals surface area contributed by atoms with Crippen LogP contribution in [0.15, 0.2) is 24.8 Å². The molecular weight excluding hydrogens is 574 g/mol. The molecule has 17 heteroatoms. The third-order valence-corrected chi connectivity index (χ3v) is 7.12. The van der Waals surface area contributed by atoms with Crippen molar-refractivity contribution in [3.8, 4) is 0 Å². The van der Waals surface area contributed by atoms with Crippen LogP contribution in [0.1, 0.15) is 53.4 Å². The standard InChI is InChI=1S/C11H22N2OS.C11H22N2S.2BF3.2FH/c1-3-5-6-12-7-8-13(11-12)9-10-15(14)4-2;1-3-5-6-12-7-8-13(11-12)9-10-14-4-2;2*2-1(3)4;;/h7-8H,3-6,9-11H2,1-2H3;7-8H,3-6,9-11H2,1-2H3;;;2*1H/p-2. The van der Waals surface area contributed by atoms with Crippen molar-refractivity contribution in [3.05, 3.63) is 24.8 Å². The van der Waals surface area contributed by atoms with E-state index in [1.54, 1.807) is 0 Å². The molecule has 0 aliphatic carbocycles. The second-order valence-electron chi connectivity index (χ2n) is 7.96. The molecule has 234 valence electrons. The van der Waals surface area contributed by atoms with Crippen LogP contribution in [0.25, 0.3) is 0 Å². The second-order valence-corrected chi connectivity index (χ2v) is 11.2. The van der Waals surface area contributed by atoms with Gasteiger partial charge in [0.25, 0.3) is 0 Å². The highest BCUT2D eigenvalue weighted by molar-refractivity contribution is 7.99. The largest absolute Gasteiger partial charge is 1.00 e. The Morgan fingerprint density at radius 1 is 0.692 bits per heavy atom. The molecule has 0 bridgehead atoms. The van der Waals surface area contributed by atoms with E-state index in [-0.39, 0.29) is 9.41 Å². The predicted molar refractivity (Wildman–Crippen MR) is 149 cm³/mol. The normalized spacial score (nSPS) is 13.7. The number of rotatable bonds is 14. The van der Waals surface area contributed by atoms with Crippen LogP contribution >= 0.6 is 11.8 Å². The van der Waals surface area contributed by atoms with Gasteiger partial charge in [0.15, 0.2) is 0 Å². The Bertz CT molecular complexity index is 595. The first-order valence-corrected chi connectivity index (χ1v) is 15.3. The number of thioether (sulfide) groups is 1. The fourth-order valence-electron chi connectivity index (χ4n) is 3.03. The summed E-state index contributed by atoms with van der Waals surface area (Å²) in [5.41, 5.74) is 0. The van der Waals surface area contributed by atoms with Crippen LogP contribution in [0.5, 0.6) is 0 Å². The molecule has 0 radical (unpaired) electrons. The molecule has 0 spiro atoms. The molecule has 0 aromatic rings. The Morgan fingerprint density at radius 2 is 1.05 bits per heavy atom. The van der Waals surface area contributed by atoms with Gasteiger partial charge in [-0.15, -0.1) is 0 Å². The lowest BCUT2D eigenvalue weighted by molar-refractivity contribution is -0.001000. The summed E-state index contributed by atoms with van der Waals surface area (Å²) in [6, 6.07) is 0. The zero-order valence-electron chi connectivity index (χ0n) is 23.4. The van der Waals surface area contributed by atoms with Crippen LogP contribution in [0.4, 0.5) is 25.9 Å². The maximum absolute atomic E-state index is 11.3. The number of hydrogen-bond donors (Lipinski definition) is 0. The lowest BCUT2D eigenvalue weighted by Gasteiger charge is -2.20. The van der Waals surface area contributed by atoms with Gasteiger partial charge >= 0.3 is 15.1 Å². The minimum atomic E-state index is -3.67. The topological polar surface area (TPSA) is 30.0 Å². The summed E-state index contributed by atoms with van der Waals surface area (Å²) in [6.07, 6.45) is 13.8. The van der Waals surface area contributed by atoms with Crippen molar-refractivity contribution in [1.29, 1.82) is 0 Å². The van der Waals surface area contributed by atoms with Crippen LogP contribution in [0.3, 0.4) is 0 Å². The Balaban J connectivity index is -0.000000237. The highest BCUT2D eigenvalue weighted by Crippen LogP contribution is 2.09. The molecule has 0 amide bonds. The highest BCUT2D eigenvalue weighted by atomic mass is 32.2. The Kier molecular flexibility index (Phi) is 35.9.